The third-order valence-corrected chi connectivity index (χ3v) is 1.72. The number of rotatable bonds is 3. The predicted octanol–water partition coefficient (Wildman–Crippen LogP) is -0.737. The smallest absolute Gasteiger partial charge is 0.408 e. The Morgan fingerprint density at radius 1 is 1.73 bits per heavy atom. The number of hydrogen-bond donors (Lipinski definition) is 2. The van der Waals surface area contributed by atoms with E-state index in [2.05, 4.69) is 0 Å². The average molecular weight is 160 g/mol. The molecule has 0 amide bonds. The van der Waals surface area contributed by atoms with E-state index in [9.17, 15) is 0 Å². The molecule has 0 bridgehead atoms. The van der Waals surface area contributed by atoms with Crippen molar-refractivity contribution in [3.63, 3.8) is 0 Å². The van der Waals surface area contributed by atoms with Gasteiger partial charge in [0, 0.05) is 0 Å². The van der Waals surface area contributed by atoms with Crippen molar-refractivity contribution in [2.45, 2.75) is 25.5 Å². The quantitative estimate of drug-likeness (QED) is 0.534. The first-order chi connectivity index (χ1) is 5.27. The van der Waals surface area contributed by atoms with E-state index in [1.54, 1.807) is 0 Å². The minimum absolute atomic E-state index is 0.207. The van der Waals surface area contributed by atoms with Crippen molar-refractivity contribution in [2.75, 3.05) is 13.2 Å². The second-order valence-electron chi connectivity index (χ2n) is 2.60. The van der Waals surface area contributed by atoms with E-state index in [1.807, 2.05) is 6.92 Å². The average Bonchev–Trinajstić information content (AvgIpc) is 2.50. The summed E-state index contributed by atoms with van der Waals surface area (Å²) in [6.45, 7) is 2.04. The highest BCUT2D eigenvalue weighted by atomic mass is 16.6. The fourth-order valence-corrected chi connectivity index (χ4v) is 1.01. The van der Waals surface area contributed by atoms with E-state index in [-0.39, 0.29) is 19.8 Å². The van der Waals surface area contributed by atoms with Gasteiger partial charge in [-0.25, -0.2) is 0 Å². The minimum atomic E-state index is -0.813. The number of aliphatic hydroxyl groups is 2. The maximum atomic E-state index is 9.12. The minimum Gasteiger partial charge on any atom is -0.408 e. The molecule has 1 aliphatic rings. The summed E-state index contributed by atoms with van der Waals surface area (Å²) in [4.78, 5) is 0. The summed E-state index contributed by atoms with van der Waals surface area (Å²) < 4.78 is 10.4. The van der Waals surface area contributed by atoms with Crippen LogP contribution in [0.2, 0.25) is 6.32 Å². The molecule has 1 saturated heterocycles. The molecule has 64 valence electrons. The van der Waals surface area contributed by atoms with Crippen molar-refractivity contribution in [2.24, 2.45) is 0 Å². The van der Waals surface area contributed by atoms with Gasteiger partial charge < -0.3 is 19.5 Å². The molecule has 1 fully saturated rings. The van der Waals surface area contributed by atoms with Crippen molar-refractivity contribution in [3.8, 4) is 0 Å². The molecule has 11 heavy (non-hydrogen) atoms. The Labute approximate surface area is 66.3 Å². The fourth-order valence-electron chi connectivity index (χ4n) is 1.01. The van der Waals surface area contributed by atoms with Crippen LogP contribution >= 0.6 is 0 Å². The lowest BCUT2D eigenvalue weighted by Crippen LogP contribution is -2.32. The second-order valence-corrected chi connectivity index (χ2v) is 2.60. The molecule has 0 radical (unpaired) electrons. The molecule has 0 saturated carbocycles. The topological polar surface area (TPSA) is 58.9 Å². The van der Waals surface area contributed by atoms with E-state index >= 15 is 0 Å². The third kappa shape index (κ3) is 2.17. The van der Waals surface area contributed by atoms with Crippen LogP contribution in [0.15, 0.2) is 0 Å². The first-order valence-corrected chi connectivity index (χ1v) is 3.84. The molecule has 0 aromatic rings. The zero-order valence-corrected chi connectivity index (χ0v) is 6.56. The molecule has 1 rings (SSSR count). The summed E-state index contributed by atoms with van der Waals surface area (Å²) in [7, 11) is -0.207. The van der Waals surface area contributed by atoms with Crippen LogP contribution in [-0.4, -0.2) is 42.8 Å². The van der Waals surface area contributed by atoms with E-state index in [0.717, 1.165) is 6.32 Å². The van der Waals surface area contributed by atoms with Gasteiger partial charge in [-0.3, -0.25) is 0 Å². The van der Waals surface area contributed by atoms with Gasteiger partial charge in [0.15, 0.2) is 0 Å². The zero-order chi connectivity index (χ0) is 8.27. The molecule has 2 atom stereocenters. The summed E-state index contributed by atoms with van der Waals surface area (Å²) in [5.74, 6) is 0. The van der Waals surface area contributed by atoms with Crippen LogP contribution in [0.1, 0.15) is 6.92 Å². The Kier molecular flexibility index (Phi) is 3.32. The van der Waals surface area contributed by atoms with Gasteiger partial charge in [0.1, 0.15) is 6.10 Å². The normalized spacial score (nSPS) is 27.5. The largest absolute Gasteiger partial charge is 0.457 e. The maximum absolute atomic E-state index is 9.12. The van der Waals surface area contributed by atoms with Gasteiger partial charge in [-0.2, -0.15) is 0 Å². The van der Waals surface area contributed by atoms with Crippen LogP contribution in [0, 0.1) is 0 Å². The summed E-state index contributed by atoms with van der Waals surface area (Å²) in [6.07, 6.45) is -0.397. The van der Waals surface area contributed by atoms with Crippen molar-refractivity contribution < 1.29 is 19.5 Å². The molecule has 2 N–H and O–H groups in total. The lowest BCUT2D eigenvalue weighted by molar-refractivity contribution is 0.00784. The van der Waals surface area contributed by atoms with Crippen LogP contribution in [0.4, 0.5) is 0 Å². The first kappa shape index (κ1) is 9.00. The molecule has 5 heteroatoms. The maximum Gasteiger partial charge on any atom is 0.457 e. The first-order valence-electron chi connectivity index (χ1n) is 3.84. The molecule has 1 aliphatic heterocycles. The van der Waals surface area contributed by atoms with Crippen molar-refractivity contribution in [3.05, 3.63) is 0 Å². The lowest BCUT2D eigenvalue weighted by atomic mass is 9.87. The molecular weight excluding hydrogens is 147 g/mol. The van der Waals surface area contributed by atoms with Gasteiger partial charge in [-0.05, 0) is 6.32 Å². The van der Waals surface area contributed by atoms with Crippen molar-refractivity contribution in [1.29, 1.82) is 0 Å². The van der Waals surface area contributed by atoms with Crippen LogP contribution in [0.5, 0.6) is 0 Å². The molecule has 0 spiro atoms. The predicted molar refractivity (Wildman–Crippen MR) is 40.2 cm³/mol. The van der Waals surface area contributed by atoms with Crippen molar-refractivity contribution in [1.82, 2.24) is 0 Å². The van der Waals surface area contributed by atoms with E-state index in [1.165, 1.54) is 0 Å². The van der Waals surface area contributed by atoms with Crippen LogP contribution in [0.25, 0.3) is 0 Å². The van der Waals surface area contributed by atoms with Gasteiger partial charge >= 0.3 is 7.12 Å². The lowest BCUT2D eigenvalue weighted by Gasteiger charge is -2.13. The van der Waals surface area contributed by atoms with E-state index < -0.39 is 6.10 Å². The summed E-state index contributed by atoms with van der Waals surface area (Å²) in [6, 6.07) is 0. The van der Waals surface area contributed by atoms with Crippen LogP contribution < -0.4 is 0 Å². The van der Waals surface area contributed by atoms with Gasteiger partial charge in [0.05, 0.1) is 19.3 Å². The molecular formula is C6H13BO4. The van der Waals surface area contributed by atoms with Crippen molar-refractivity contribution >= 4 is 7.12 Å². The number of hydrogen-bond acceptors (Lipinski definition) is 4. The summed E-state index contributed by atoms with van der Waals surface area (Å²) >= 11 is 0. The van der Waals surface area contributed by atoms with Gasteiger partial charge in [0.25, 0.3) is 0 Å². The zero-order valence-electron chi connectivity index (χ0n) is 6.56. The molecule has 0 aromatic heterocycles. The van der Waals surface area contributed by atoms with Crippen LogP contribution in [-0.2, 0) is 9.31 Å². The Morgan fingerprint density at radius 3 is 2.91 bits per heavy atom. The van der Waals surface area contributed by atoms with Gasteiger partial charge in [0.2, 0.25) is 0 Å². The standard InChI is InChI=1S/C6H13BO4/c1-2-7-10-4-6(11-7)5(9)3-8/h5-6,8-9H,2-4H2,1H3. The highest BCUT2D eigenvalue weighted by Gasteiger charge is 2.33. The Hall–Kier alpha value is -0.0951. The Bertz CT molecular complexity index is 121. The second kappa shape index (κ2) is 4.06. The third-order valence-electron chi connectivity index (χ3n) is 1.72. The van der Waals surface area contributed by atoms with Crippen LogP contribution in [0.3, 0.4) is 0 Å². The highest BCUT2D eigenvalue weighted by molar-refractivity contribution is 6.44. The molecule has 0 aromatic carbocycles. The molecule has 1 heterocycles. The molecule has 2 unspecified atom stereocenters. The van der Waals surface area contributed by atoms with Gasteiger partial charge in [-0.1, -0.05) is 6.92 Å². The number of aliphatic hydroxyl groups excluding tert-OH is 2. The highest BCUT2D eigenvalue weighted by Crippen LogP contribution is 2.13. The molecule has 4 nitrogen and oxygen atoms in total. The van der Waals surface area contributed by atoms with Gasteiger partial charge in [-0.15, -0.1) is 0 Å². The molecule has 0 aliphatic carbocycles. The summed E-state index contributed by atoms with van der Waals surface area (Å²) in [5, 5.41) is 17.7. The fraction of sp³-hybridized carbons (Fsp3) is 1.00. The van der Waals surface area contributed by atoms with E-state index in [0.29, 0.717) is 6.61 Å². The Morgan fingerprint density at radius 2 is 2.45 bits per heavy atom. The van der Waals surface area contributed by atoms with E-state index in [4.69, 9.17) is 19.5 Å². The monoisotopic (exact) mass is 160 g/mol. The Balaban J connectivity index is 2.29. The SMILES string of the molecule is CCB1OCC(C(O)CO)O1. The summed E-state index contributed by atoms with van der Waals surface area (Å²) in [5.41, 5.74) is 0.